The first kappa shape index (κ1) is 33.5. The number of hydrogen-bond acceptors (Lipinski definition) is 3. The molecule has 0 spiro atoms. The summed E-state index contributed by atoms with van der Waals surface area (Å²) in [4.78, 5) is 2.44. The number of hydrogen-bond donors (Lipinski definition) is 0. The fraction of sp³-hybridized carbons (Fsp3) is 0.341. The van der Waals surface area contributed by atoms with E-state index in [9.17, 15) is 0 Å². The Morgan fingerprint density at radius 1 is 0.755 bits per heavy atom. The molecule has 2 heterocycles. The van der Waals surface area contributed by atoms with Crippen LogP contribution in [-0.2, 0) is 20.3 Å². The molecule has 0 saturated heterocycles. The van der Waals surface area contributed by atoms with Gasteiger partial charge in [0.05, 0.1) is 12.0 Å². The van der Waals surface area contributed by atoms with Crippen LogP contribution in [0.3, 0.4) is 0 Å². The molecule has 4 aromatic rings. The molecule has 0 radical (unpaired) electrons. The van der Waals surface area contributed by atoms with Crippen LogP contribution in [0.15, 0.2) is 119 Å². The average Bonchev–Trinajstić information content (AvgIpc) is 3.46. The predicted molar refractivity (Wildman–Crippen MR) is 207 cm³/mol. The molecule has 4 aromatic carbocycles. The van der Waals surface area contributed by atoms with Crippen molar-refractivity contribution in [2.45, 2.75) is 57.8 Å². The number of ether oxygens (including phenoxy) is 2. The molecule has 0 bridgehead atoms. The highest BCUT2D eigenvalue weighted by molar-refractivity contribution is 6.32. The zero-order valence-corrected chi connectivity index (χ0v) is 30.5. The Kier molecular flexibility index (Phi) is 9.17. The van der Waals surface area contributed by atoms with E-state index in [2.05, 4.69) is 134 Å². The summed E-state index contributed by atoms with van der Waals surface area (Å²) in [6.45, 7) is 12.3. The van der Waals surface area contributed by atoms with E-state index in [4.69, 9.17) is 21.1 Å². The first-order chi connectivity index (χ1) is 23.7. The lowest BCUT2D eigenvalue weighted by atomic mass is 9.78. The molecule has 1 aliphatic carbocycles. The lowest BCUT2D eigenvalue weighted by Gasteiger charge is -2.27. The monoisotopic (exact) mass is 671 g/mol. The van der Waals surface area contributed by atoms with Crippen LogP contribution in [0.1, 0.15) is 58.1 Å². The van der Waals surface area contributed by atoms with Crippen molar-refractivity contribution in [2.75, 3.05) is 45.4 Å². The van der Waals surface area contributed by atoms with E-state index in [1.165, 1.54) is 66.6 Å². The maximum absolute atomic E-state index is 7.29. The molecule has 0 unspecified atom stereocenters. The maximum atomic E-state index is 7.29. The summed E-state index contributed by atoms with van der Waals surface area (Å²) in [6, 6.07) is 26.5. The number of halogens is 1. The topological polar surface area (TPSA) is 24.7 Å². The zero-order chi connectivity index (χ0) is 34.3. The highest BCUT2D eigenvalue weighted by Gasteiger charge is 2.45. The molecule has 0 fully saturated rings. The third-order valence-corrected chi connectivity index (χ3v) is 11.4. The van der Waals surface area contributed by atoms with Gasteiger partial charge in [-0.3, -0.25) is 0 Å². The minimum absolute atomic E-state index is 0.176. The summed E-state index contributed by atoms with van der Waals surface area (Å²) in [5.74, 6) is 0. The van der Waals surface area contributed by atoms with Gasteiger partial charge in [-0.1, -0.05) is 92.2 Å². The number of rotatable bonds is 9. The molecule has 2 aliphatic heterocycles. The fourth-order valence-corrected chi connectivity index (χ4v) is 8.80. The largest absolute Gasteiger partial charge is 0.383 e. The Balaban J connectivity index is 1.26. The third-order valence-electron chi connectivity index (χ3n) is 10.9. The Morgan fingerprint density at radius 2 is 1.43 bits per heavy atom. The van der Waals surface area contributed by atoms with E-state index in [-0.39, 0.29) is 10.8 Å². The molecule has 5 heteroatoms. The van der Waals surface area contributed by atoms with Crippen molar-refractivity contribution in [1.82, 2.24) is 0 Å². The van der Waals surface area contributed by atoms with Crippen molar-refractivity contribution in [3.05, 3.63) is 130 Å². The number of allylic oxidation sites excluding steroid dienone is 8. The van der Waals surface area contributed by atoms with Gasteiger partial charge in [0.15, 0.2) is 12.3 Å². The van der Waals surface area contributed by atoms with Gasteiger partial charge in [0.2, 0.25) is 5.69 Å². The third kappa shape index (κ3) is 5.78. The number of benzene rings is 4. The van der Waals surface area contributed by atoms with E-state index < -0.39 is 0 Å². The number of methoxy groups -OCH3 is 2. The summed E-state index contributed by atoms with van der Waals surface area (Å²) < 4.78 is 13.6. The van der Waals surface area contributed by atoms with E-state index in [0.29, 0.717) is 13.2 Å². The molecule has 49 heavy (non-hydrogen) atoms. The minimum Gasteiger partial charge on any atom is -0.383 e. The molecule has 0 aromatic heterocycles. The SMILES string of the molecule is COCCN1C(=CC=C2CCCC(C=CC3=[N+](CCOC)c4ccc5ccccc5c4C3(C)C)=C2Cl)C(C)(C)c2c1ccc1ccccc21. The summed E-state index contributed by atoms with van der Waals surface area (Å²) >= 11 is 7.29. The van der Waals surface area contributed by atoms with Crippen LogP contribution in [0.25, 0.3) is 21.5 Å². The fourth-order valence-electron chi connectivity index (χ4n) is 8.48. The van der Waals surface area contributed by atoms with E-state index in [0.717, 1.165) is 37.4 Å². The van der Waals surface area contributed by atoms with E-state index in [1.807, 2.05) is 0 Å². The molecule has 0 atom stereocenters. The predicted octanol–water partition coefficient (Wildman–Crippen LogP) is 10.5. The van der Waals surface area contributed by atoms with Crippen LogP contribution < -0.4 is 4.90 Å². The molecule has 4 nitrogen and oxygen atoms in total. The number of fused-ring (bicyclic) bond motifs is 6. The summed E-state index contributed by atoms with van der Waals surface area (Å²) in [5.41, 5.74) is 9.88. The van der Waals surface area contributed by atoms with Crippen LogP contribution in [0, 0.1) is 0 Å². The molecule has 252 valence electrons. The van der Waals surface area contributed by atoms with Gasteiger partial charge in [-0.25, -0.2) is 0 Å². The second kappa shape index (κ2) is 13.4. The van der Waals surface area contributed by atoms with Crippen molar-refractivity contribution >= 4 is 50.2 Å². The van der Waals surface area contributed by atoms with Gasteiger partial charge >= 0.3 is 0 Å². The molecule has 0 amide bonds. The van der Waals surface area contributed by atoms with Crippen LogP contribution >= 0.6 is 11.6 Å². The van der Waals surface area contributed by atoms with Crippen molar-refractivity contribution in [3.8, 4) is 0 Å². The smallest absolute Gasteiger partial charge is 0.210 e. The highest BCUT2D eigenvalue weighted by Crippen LogP contribution is 2.51. The Bertz CT molecular complexity index is 2090. The van der Waals surface area contributed by atoms with Gasteiger partial charge in [0, 0.05) is 60.3 Å². The van der Waals surface area contributed by atoms with Crippen LogP contribution in [0.2, 0.25) is 0 Å². The van der Waals surface area contributed by atoms with Crippen molar-refractivity contribution < 1.29 is 14.0 Å². The quantitative estimate of drug-likeness (QED) is 0.166. The first-order valence-corrected chi connectivity index (χ1v) is 18.0. The highest BCUT2D eigenvalue weighted by atomic mass is 35.5. The maximum Gasteiger partial charge on any atom is 0.210 e. The molecular formula is C44H48ClN2O2+. The summed E-state index contributed by atoms with van der Waals surface area (Å²) in [6.07, 6.45) is 12.2. The minimum atomic E-state index is -0.176. The molecule has 7 rings (SSSR count). The lowest BCUT2D eigenvalue weighted by Crippen LogP contribution is -2.29. The summed E-state index contributed by atoms with van der Waals surface area (Å²) in [7, 11) is 3.55. The van der Waals surface area contributed by atoms with Gasteiger partial charge in [-0.2, -0.15) is 4.58 Å². The molecule has 0 saturated carbocycles. The lowest BCUT2D eigenvalue weighted by molar-refractivity contribution is -0.441. The standard InChI is InChI=1S/C44H48ClN2O2/c1-43(2)38(46(26-28-48-5)36-22-18-30-12-7-9-16-34(30)40(36)43)24-20-32-14-11-15-33(42(32)45)21-25-39-44(3,4)41-35-17-10-8-13-31(35)19-23-37(41)47(39)27-29-49-6/h7-10,12-13,16-25H,11,14-15,26-29H2,1-6H3/q+1. The van der Waals surface area contributed by atoms with Crippen molar-refractivity contribution in [3.63, 3.8) is 0 Å². The molecular weight excluding hydrogens is 624 g/mol. The van der Waals surface area contributed by atoms with Gasteiger partial charge in [0.1, 0.15) is 6.61 Å². The first-order valence-electron chi connectivity index (χ1n) is 17.6. The normalized spacial score (nSPS) is 20.1. The number of nitrogens with zero attached hydrogens (tertiary/aromatic N) is 2. The van der Waals surface area contributed by atoms with Crippen LogP contribution in [-0.4, -0.2) is 50.8 Å². The van der Waals surface area contributed by atoms with Crippen molar-refractivity contribution in [2.24, 2.45) is 0 Å². The Morgan fingerprint density at radius 3 is 2.14 bits per heavy atom. The zero-order valence-electron chi connectivity index (χ0n) is 29.8. The van der Waals surface area contributed by atoms with Gasteiger partial charge in [-0.05, 0) is 89.6 Å². The van der Waals surface area contributed by atoms with Gasteiger partial charge in [0.25, 0.3) is 0 Å². The second-order valence-corrected chi connectivity index (χ2v) is 14.9. The second-order valence-electron chi connectivity index (χ2n) is 14.6. The molecule has 3 aliphatic rings. The van der Waals surface area contributed by atoms with Crippen LogP contribution in [0.5, 0.6) is 0 Å². The Labute approximate surface area is 296 Å². The Hall–Kier alpha value is -3.96. The summed E-state index contributed by atoms with van der Waals surface area (Å²) in [5, 5.41) is 6.05. The van der Waals surface area contributed by atoms with Crippen molar-refractivity contribution in [1.29, 1.82) is 0 Å². The van der Waals surface area contributed by atoms with Gasteiger partial charge < -0.3 is 14.4 Å². The van der Waals surface area contributed by atoms with E-state index in [1.54, 1.807) is 14.2 Å². The average molecular weight is 672 g/mol. The van der Waals surface area contributed by atoms with E-state index >= 15 is 0 Å². The van der Waals surface area contributed by atoms with Gasteiger partial charge in [-0.15, -0.1) is 0 Å². The van der Waals surface area contributed by atoms with Crippen LogP contribution in [0.4, 0.5) is 11.4 Å². The molecule has 0 N–H and O–H groups in total. The number of anilines is 1.